The highest BCUT2D eigenvalue weighted by Crippen LogP contribution is 2.21. The molecule has 4 heteroatoms. The van der Waals surface area contributed by atoms with E-state index >= 15 is 0 Å². The average molecular weight is 308 g/mol. The molecule has 0 bridgehead atoms. The van der Waals surface area contributed by atoms with Gasteiger partial charge in [-0.1, -0.05) is 42.5 Å². The van der Waals surface area contributed by atoms with Crippen molar-refractivity contribution in [3.63, 3.8) is 0 Å². The van der Waals surface area contributed by atoms with Crippen molar-refractivity contribution in [2.75, 3.05) is 11.4 Å². The molecule has 4 nitrogen and oxygen atoms in total. The highest BCUT2D eigenvalue weighted by atomic mass is 16.2. The molecule has 23 heavy (non-hydrogen) atoms. The molecule has 0 aromatic heterocycles. The second-order valence-electron chi connectivity index (χ2n) is 5.75. The minimum absolute atomic E-state index is 0.00926. The van der Waals surface area contributed by atoms with Crippen LogP contribution in [0.5, 0.6) is 0 Å². The van der Waals surface area contributed by atoms with Gasteiger partial charge in [0.25, 0.3) is 0 Å². The van der Waals surface area contributed by atoms with E-state index in [0.717, 1.165) is 29.8 Å². The number of amides is 2. The lowest BCUT2D eigenvalue weighted by atomic mass is 10.1. The molecule has 1 heterocycles. The Kier molecular flexibility index (Phi) is 4.71. The molecule has 0 aliphatic carbocycles. The lowest BCUT2D eigenvalue weighted by molar-refractivity contribution is -0.120. The zero-order chi connectivity index (χ0) is 16.1. The van der Waals surface area contributed by atoms with Crippen molar-refractivity contribution in [2.45, 2.75) is 25.8 Å². The Morgan fingerprint density at radius 2 is 1.74 bits per heavy atom. The smallest absolute Gasteiger partial charge is 0.227 e. The van der Waals surface area contributed by atoms with Gasteiger partial charge >= 0.3 is 0 Å². The first kappa shape index (κ1) is 15.3. The maximum atomic E-state index is 11.9. The average Bonchev–Trinajstić information content (AvgIpc) is 3.00. The second kappa shape index (κ2) is 7.09. The lowest BCUT2D eigenvalue weighted by Gasteiger charge is -2.16. The van der Waals surface area contributed by atoms with Crippen molar-refractivity contribution in [1.29, 1.82) is 0 Å². The standard InChI is InChI=1S/C19H20N2O2/c22-18(13-15-5-2-1-3-6-15)20-14-16-8-10-17(11-9-16)21-12-4-7-19(21)23/h1-3,5-6,8-11H,4,7,12-14H2,(H,20,22). The summed E-state index contributed by atoms with van der Waals surface area (Å²) in [5.74, 6) is 0.198. The van der Waals surface area contributed by atoms with Gasteiger partial charge in [0.1, 0.15) is 0 Å². The van der Waals surface area contributed by atoms with Gasteiger partial charge < -0.3 is 10.2 Å². The summed E-state index contributed by atoms with van der Waals surface area (Å²) in [6.45, 7) is 1.30. The summed E-state index contributed by atoms with van der Waals surface area (Å²) in [6, 6.07) is 17.5. The minimum Gasteiger partial charge on any atom is -0.352 e. The molecule has 2 amide bonds. The number of anilines is 1. The normalized spacial score (nSPS) is 14.1. The van der Waals surface area contributed by atoms with Gasteiger partial charge in [-0.2, -0.15) is 0 Å². The minimum atomic E-state index is 0.00926. The number of rotatable bonds is 5. The molecule has 0 unspecified atom stereocenters. The van der Waals surface area contributed by atoms with Crippen molar-refractivity contribution in [3.8, 4) is 0 Å². The summed E-state index contributed by atoms with van der Waals surface area (Å²) in [5, 5.41) is 2.93. The second-order valence-corrected chi connectivity index (χ2v) is 5.75. The van der Waals surface area contributed by atoms with Gasteiger partial charge in [0.15, 0.2) is 0 Å². The third kappa shape index (κ3) is 3.97. The predicted molar refractivity (Wildman–Crippen MR) is 90.0 cm³/mol. The molecule has 0 saturated carbocycles. The first-order chi connectivity index (χ1) is 11.2. The fourth-order valence-electron chi connectivity index (χ4n) is 2.76. The van der Waals surface area contributed by atoms with E-state index in [2.05, 4.69) is 5.32 Å². The highest BCUT2D eigenvalue weighted by Gasteiger charge is 2.21. The summed E-state index contributed by atoms with van der Waals surface area (Å²) in [4.78, 5) is 25.5. The third-order valence-corrected chi connectivity index (χ3v) is 4.02. The Hall–Kier alpha value is -2.62. The van der Waals surface area contributed by atoms with Crippen LogP contribution in [0.3, 0.4) is 0 Å². The first-order valence-corrected chi connectivity index (χ1v) is 7.92. The number of carbonyl (C=O) groups is 2. The first-order valence-electron chi connectivity index (χ1n) is 7.92. The van der Waals surface area contributed by atoms with Gasteiger partial charge in [-0.05, 0) is 29.7 Å². The fourth-order valence-corrected chi connectivity index (χ4v) is 2.76. The quantitative estimate of drug-likeness (QED) is 0.923. The molecular formula is C19H20N2O2. The number of hydrogen-bond donors (Lipinski definition) is 1. The van der Waals surface area contributed by atoms with Crippen LogP contribution >= 0.6 is 0 Å². The van der Waals surface area contributed by atoms with Crippen molar-refractivity contribution in [2.24, 2.45) is 0 Å². The Morgan fingerprint density at radius 1 is 1.00 bits per heavy atom. The Bertz CT molecular complexity index is 680. The number of carbonyl (C=O) groups excluding carboxylic acids is 2. The van der Waals surface area contributed by atoms with Crippen molar-refractivity contribution in [1.82, 2.24) is 5.32 Å². The van der Waals surface area contributed by atoms with Crippen LogP contribution in [-0.4, -0.2) is 18.4 Å². The topological polar surface area (TPSA) is 49.4 Å². The molecule has 0 spiro atoms. The third-order valence-electron chi connectivity index (χ3n) is 4.02. The summed E-state index contributed by atoms with van der Waals surface area (Å²) in [7, 11) is 0. The van der Waals surface area contributed by atoms with Gasteiger partial charge in [-0.3, -0.25) is 9.59 Å². The van der Waals surface area contributed by atoms with E-state index in [1.807, 2.05) is 59.5 Å². The van der Waals surface area contributed by atoms with Crippen LogP contribution < -0.4 is 10.2 Å². The molecule has 3 rings (SSSR count). The maximum Gasteiger partial charge on any atom is 0.227 e. The molecule has 0 atom stereocenters. The summed E-state index contributed by atoms with van der Waals surface area (Å²) >= 11 is 0. The van der Waals surface area contributed by atoms with E-state index in [1.165, 1.54) is 0 Å². The van der Waals surface area contributed by atoms with Crippen LogP contribution in [0.25, 0.3) is 0 Å². The van der Waals surface area contributed by atoms with Crippen LogP contribution in [0.2, 0.25) is 0 Å². The van der Waals surface area contributed by atoms with Crippen LogP contribution in [0.15, 0.2) is 54.6 Å². The van der Waals surface area contributed by atoms with Crippen molar-refractivity contribution >= 4 is 17.5 Å². The largest absolute Gasteiger partial charge is 0.352 e. The molecule has 1 aliphatic heterocycles. The van der Waals surface area contributed by atoms with E-state index in [4.69, 9.17) is 0 Å². The molecule has 0 radical (unpaired) electrons. The maximum absolute atomic E-state index is 11.9. The molecular weight excluding hydrogens is 288 g/mol. The van der Waals surface area contributed by atoms with E-state index < -0.39 is 0 Å². The number of benzene rings is 2. The molecule has 1 fully saturated rings. The predicted octanol–water partition coefficient (Wildman–Crippen LogP) is 2.67. The van der Waals surface area contributed by atoms with Crippen molar-refractivity contribution in [3.05, 3.63) is 65.7 Å². The summed E-state index contributed by atoms with van der Waals surface area (Å²) in [6.07, 6.45) is 1.95. The van der Waals surface area contributed by atoms with Gasteiger partial charge in [-0.15, -0.1) is 0 Å². The van der Waals surface area contributed by atoms with Crippen LogP contribution in [0.1, 0.15) is 24.0 Å². The highest BCUT2D eigenvalue weighted by molar-refractivity contribution is 5.95. The van der Waals surface area contributed by atoms with Crippen molar-refractivity contribution < 1.29 is 9.59 Å². The van der Waals surface area contributed by atoms with E-state index in [9.17, 15) is 9.59 Å². The Balaban J connectivity index is 1.52. The molecule has 1 aliphatic rings. The fraction of sp³-hybridized carbons (Fsp3) is 0.263. The SMILES string of the molecule is O=C(Cc1ccccc1)NCc1ccc(N2CCCC2=O)cc1. The summed E-state index contributed by atoms with van der Waals surface area (Å²) in [5.41, 5.74) is 2.97. The van der Waals surface area contributed by atoms with Gasteiger partial charge in [-0.25, -0.2) is 0 Å². The number of nitrogens with zero attached hydrogens (tertiary/aromatic N) is 1. The zero-order valence-electron chi connectivity index (χ0n) is 13.0. The van der Waals surface area contributed by atoms with E-state index in [1.54, 1.807) is 0 Å². The van der Waals surface area contributed by atoms with Gasteiger partial charge in [0.05, 0.1) is 6.42 Å². The molecule has 1 N–H and O–H groups in total. The Labute approximate surface area is 136 Å². The molecule has 2 aromatic carbocycles. The zero-order valence-corrected chi connectivity index (χ0v) is 13.0. The van der Waals surface area contributed by atoms with E-state index in [0.29, 0.717) is 19.4 Å². The molecule has 118 valence electrons. The van der Waals surface area contributed by atoms with Crippen LogP contribution in [-0.2, 0) is 22.6 Å². The molecule has 2 aromatic rings. The lowest BCUT2D eigenvalue weighted by Crippen LogP contribution is -2.25. The summed E-state index contributed by atoms with van der Waals surface area (Å²) < 4.78 is 0. The van der Waals surface area contributed by atoms with Crippen LogP contribution in [0, 0.1) is 0 Å². The number of hydrogen-bond acceptors (Lipinski definition) is 2. The number of nitrogens with one attached hydrogen (secondary N) is 1. The van der Waals surface area contributed by atoms with Gasteiger partial charge in [0.2, 0.25) is 11.8 Å². The monoisotopic (exact) mass is 308 g/mol. The van der Waals surface area contributed by atoms with E-state index in [-0.39, 0.29) is 11.8 Å². The van der Waals surface area contributed by atoms with Crippen LogP contribution in [0.4, 0.5) is 5.69 Å². The van der Waals surface area contributed by atoms with Gasteiger partial charge in [0, 0.05) is 25.2 Å². The Morgan fingerprint density at radius 3 is 2.39 bits per heavy atom. The molecule has 1 saturated heterocycles.